The smallest absolute Gasteiger partial charge is 0.264 e. The number of rotatable bonds is 2. The maximum absolute atomic E-state index is 14.1. The molecule has 0 saturated heterocycles. The van der Waals surface area contributed by atoms with Crippen LogP contribution in [0.2, 0.25) is 0 Å². The normalized spacial score (nSPS) is 15.6. The lowest BCUT2D eigenvalue weighted by Crippen LogP contribution is -2.31. The van der Waals surface area contributed by atoms with Crippen LogP contribution in [0.5, 0.6) is 0 Å². The summed E-state index contributed by atoms with van der Waals surface area (Å²) in [7, 11) is -4.08. The van der Waals surface area contributed by atoms with E-state index in [0.717, 1.165) is 38.6 Å². The highest BCUT2D eigenvalue weighted by molar-refractivity contribution is 7.91. The third-order valence-corrected chi connectivity index (χ3v) is 10.8. The van der Waals surface area contributed by atoms with Gasteiger partial charge in [-0.25, -0.2) is 18.4 Å². The number of amidine groups is 2. The molecule has 0 aliphatic carbocycles. The van der Waals surface area contributed by atoms with E-state index in [4.69, 9.17) is 9.98 Å². The second kappa shape index (κ2) is 8.16. The van der Waals surface area contributed by atoms with Crippen LogP contribution in [0.4, 0.5) is 22.7 Å². The fourth-order valence-corrected chi connectivity index (χ4v) is 8.31. The van der Waals surface area contributed by atoms with Crippen LogP contribution in [0.3, 0.4) is 0 Å². The van der Waals surface area contributed by atoms with Crippen LogP contribution >= 0.6 is 0 Å². The lowest BCUT2D eigenvalue weighted by Gasteiger charge is -2.24. The highest BCUT2D eigenvalue weighted by atomic mass is 32.2. The molecule has 6 aromatic rings. The fraction of sp³-hybridized carbons (Fsp3) is 0. The van der Waals surface area contributed by atoms with Crippen molar-refractivity contribution < 1.29 is 18.0 Å². The van der Waals surface area contributed by atoms with Crippen LogP contribution in [0.15, 0.2) is 129 Å². The first-order valence-electron chi connectivity index (χ1n) is 14.3. The molecule has 0 aromatic heterocycles. The zero-order valence-electron chi connectivity index (χ0n) is 23.2. The topological polar surface area (TPSA) is 99.5 Å². The molecular weight excluding hydrogens is 584 g/mol. The molecule has 9 heteroatoms. The number of carbonyl (C=O) groups excluding carboxylic acids is 2. The molecule has 0 fully saturated rings. The quantitative estimate of drug-likeness (QED) is 0.215. The van der Waals surface area contributed by atoms with Crippen molar-refractivity contribution >= 4 is 77.6 Å². The number of benzene rings is 6. The van der Waals surface area contributed by atoms with Crippen LogP contribution in [-0.2, 0) is 9.84 Å². The van der Waals surface area contributed by atoms with Crippen molar-refractivity contribution in [3.63, 3.8) is 0 Å². The molecule has 8 nitrogen and oxygen atoms in total. The van der Waals surface area contributed by atoms with Gasteiger partial charge in [0.2, 0.25) is 9.84 Å². The van der Waals surface area contributed by atoms with E-state index in [-0.39, 0.29) is 27.2 Å². The molecule has 6 aromatic carbocycles. The SMILES string of the molecule is O=C1c2cc(S(=O)(=O)c3ccc4c(c3)C3=Nc5cccc6cccc(c56)N3C4=O)ccc2C2=Nc3cccc4cccc(c34)N12. The van der Waals surface area contributed by atoms with Crippen molar-refractivity contribution in [3.05, 3.63) is 131 Å². The zero-order chi connectivity index (χ0) is 30.2. The highest BCUT2D eigenvalue weighted by Crippen LogP contribution is 2.45. The van der Waals surface area contributed by atoms with Crippen LogP contribution in [0.25, 0.3) is 21.5 Å². The summed E-state index contributed by atoms with van der Waals surface area (Å²) in [6.07, 6.45) is 0. The van der Waals surface area contributed by atoms with Gasteiger partial charge in [-0.3, -0.25) is 19.4 Å². The summed E-state index contributed by atoms with van der Waals surface area (Å²) in [5.41, 5.74) is 4.58. The van der Waals surface area contributed by atoms with E-state index >= 15 is 0 Å². The Morgan fingerprint density at radius 2 is 0.956 bits per heavy atom. The van der Waals surface area contributed by atoms with Gasteiger partial charge in [0.1, 0.15) is 11.7 Å². The average Bonchev–Trinajstić information content (AvgIpc) is 3.51. The van der Waals surface area contributed by atoms with Gasteiger partial charge < -0.3 is 0 Å². The van der Waals surface area contributed by atoms with Gasteiger partial charge in [0, 0.05) is 21.9 Å². The van der Waals surface area contributed by atoms with Gasteiger partial charge in [0.25, 0.3) is 11.8 Å². The van der Waals surface area contributed by atoms with Gasteiger partial charge in [-0.2, -0.15) is 0 Å². The van der Waals surface area contributed by atoms with E-state index in [9.17, 15) is 18.0 Å². The molecule has 4 aliphatic rings. The molecule has 0 saturated carbocycles. The Balaban J connectivity index is 1.08. The first-order chi connectivity index (χ1) is 21.9. The van der Waals surface area contributed by atoms with Crippen molar-refractivity contribution in [3.8, 4) is 0 Å². The molecule has 4 heterocycles. The van der Waals surface area contributed by atoms with Crippen molar-refractivity contribution in [1.29, 1.82) is 0 Å². The van der Waals surface area contributed by atoms with E-state index in [1.54, 1.807) is 21.9 Å². The van der Waals surface area contributed by atoms with E-state index in [2.05, 4.69) is 0 Å². The summed E-state index contributed by atoms with van der Waals surface area (Å²) in [5, 5.41) is 3.69. The molecule has 0 radical (unpaired) electrons. The molecule has 212 valence electrons. The number of anilines is 2. The Bertz CT molecular complexity index is 2610. The number of sulfone groups is 1. The highest BCUT2D eigenvalue weighted by Gasteiger charge is 2.41. The second-order valence-corrected chi connectivity index (χ2v) is 13.3. The molecule has 0 unspecified atom stereocenters. The van der Waals surface area contributed by atoms with Crippen LogP contribution in [-0.4, -0.2) is 31.9 Å². The number of carbonyl (C=O) groups is 2. The molecule has 0 bridgehead atoms. The summed E-state index contributed by atoms with van der Waals surface area (Å²) >= 11 is 0. The maximum Gasteiger partial charge on any atom is 0.264 e. The lowest BCUT2D eigenvalue weighted by atomic mass is 10.0. The molecule has 10 rings (SSSR count). The van der Waals surface area contributed by atoms with Gasteiger partial charge >= 0.3 is 0 Å². The van der Waals surface area contributed by atoms with E-state index in [1.165, 1.54) is 24.3 Å². The minimum Gasteiger partial charge on any atom is -0.268 e. The molecule has 0 spiro atoms. The Morgan fingerprint density at radius 3 is 1.53 bits per heavy atom. The third kappa shape index (κ3) is 3.02. The van der Waals surface area contributed by atoms with Crippen molar-refractivity contribution in [2.45, 2.75) is 9.79 Å². The molecular formula is C36H18N4O4S. The largest absolute Gasteiger partial charge is 0.268 e. The van der Waals surface area contributed by atoms with Crippen molar-refractivity contribution in [2.24, 2.45) is 9.98 Å². The van der Waals surface area contributed by atoms with Gasteiger partial charge in [0.15, 0.2) is 0 Å². The Morgan fingerprint density at radius 1 is 0.489 bits per heavy atom. The second-order valence-electron chi connectivity index (χ2n) is 11.4. The molecule has 0 N–H and O–H groups in total. The van der Waals surface area contributed by atoms with E-state index in [0.29, 0.717) is 34.0 Å². The standard InChI is InChI=1S/C36H18N4O4S/c41-35-24-16-14-21(17-25(24)34-38-28-10-2-6-20-8-4-12-30(32(20)28)40(34)35)45(43,44)22-13-15-23-26(18-22)36(42)39-29-11-3-7-19-5-1-9-27(31(19)29)37-33(23)39/h1-18H. The number of aliphatic imine (C=N–C) groups is 2. The molecule has 0 atom stereocenters. The maximum atomic E-state index is 14.1. The summed E-state index contributed by atoms with van der Waals surface area (Å²) in [6, 6.07) is 32.1. The predicted molar refractivity (Wildman–Crippen MR) is 172 cm³/mol. The third-order valence-electron chi connectivity index (χ3n) is 9.03. The number of hydrogen-bond acceptors (Lipinski definition) is 6. The van der Waals surface area contributed by atoms with Crippen LogP contribution < -0.4 is 9.80 Å². The number of hydrogen-bond donors (Lipinski definition) is 0. The van der Waals surface area contributed by atoms with Gasteiger partial charge in [-0.05, 0) is 71.4 Å². The van der Waals surface area contributed by atoms with Crippen molar-refractivity contribution in [2.75, 3.05) is 9.80 Å². The summed E-state index contributed by atoms with van der Waals surface area (Å²) in [4.78, 5) is 40.1. The minimum absolute atomic E-state index is 0.00768. The van der Waals surface area contributed by atoms with E-state index < -0.39 is 9.84 Å². The van der Waals surface area contributed by atoms with Gasteiger partial charge in [0.05, 0.1) is 43.7 Å². The number of amides is 2. The Kier molecular flexibility index (Phi) is 4.44. The zero-order valence-corrected chi connectivity index (χ0v) is 24.0. The minimum atomic E-state index is -4.08. The summed E-state index contributed by atoms with van der Waals surface area (Å²) in [5.74, 6) is 0.284. The van der Waals surface area contributed by atoms with E-state index in [1.807, 2.05) is 72.8 Å². The number of fused-ring (bicyclic) bond motifs is 8. The van der Waals surface area contributed by atoms with Gasteiger partial charge in [-0.1, -0.05) is 48.5 Å². The fourth-order valence-electron chi connectivity index (χ4n) is 6.99. The Hall–Kier alpha value is -5.93. The van der Waals surface area contributed by atoms with Crippen molar-refractivity contribution in [1.82, 2.24) is 0 Å². The summed E-state index contributed by atoms with van der Waals surface area (Å²) in [6.45, 7) is 0. The first kappa shape index (κ1) is 24.5. The van der Waals surface area contributed by atoms with Crippen LogP contribution in [0.1, 0.15) is 31.8 Å². The van der Waals surface area contributed by atoms with Crippen LogP contribution in [0, 0.1) is 0 Å². The summed E-state index contributed by atoms with van der Waals surface area (Å²) < 4.78 is 28.2. The average molecular weight is 603 g/mol. The number of nitrogens with zero attached hydrogens (tertiary/aromatic N) is 4. The monoisotopic (exact) mass is 602 g/mol. The lowest BCUT2D eigenvalue weighted by molar-refractivity contribution is 0.0999. The predicted octanol–water partition coefficient (Wildman–Crippen LogP) is 6.93. The Labute approximate surface area is 256 Å². The van der Waals surface area contributed by atoms with Gasteiger partial charge in [-0.15, -0.1) is 0 Å². The molecule has 2 amide bonds. The molecule has 45 heavy (non-hydrogen) atoms. The molecule has 4 aliphatic heterocycles. The first-order valence-corrected chi connectivity index (χ1v) is 15.8.